The third-order valence-electron chi connectivity index (χ3n) is 4.32. The zero-order valence-electron chi connectivity index (χ0n) is 14.8. The molecule has 5 nitrogen and oxygen atoms in total. The SMILES string of the molecule is CCOC(=O)c1cc(C(=O)c2ccc(Cl)cc2)n2c(=O)c3ccccc3sc12. The van der Waals surface area contributed by atoms with Crippen LogP contribution < -0.4 is 5.56 Å². The van der Waals surface area contributed by atoms with Gasteiger partial charge in [0, 0.05) is 15.3 Å². The number of rotatable bonds is 4. The number of ketones is 1. The van der Waals surface area contributed by atoms with Gasteiger partial charge in [-0.15, -0.1) is 11.3 Å². The van der Waals surface area contributed by atoms with E-state index in [1.165, 1.54) is 21.8 Å². The summed E-state index contributed by atoms with van der Waals surface area (Å²) < 4.78 is 7.16. The van der Waals surface area contributed by atoms with Crippen LogP contribution in [0.3, 0.4) is 0 Å². The van der Waals surface area contributed by atoms with Gasteiger partial charge in [-0.25, -0.2) is 4.79 Å². The predicted octanol–water partition coefficient (Wildman–Crippen LogP) is 4.58. The van der Waals surface area contributed by atoms with Crippen molar-refractivity contribution in [2.75, 3.05) is 6.61 Å². The van der Waals surface area contributed by atoms with Crippen LogP contribution in [-0.4, -0.2) is 22.8 Å². The van der Waals surface area contributed by atoms with E-state index in [4.69, 9.17) is 16.3 Å². The number of esters is 1. The van der Waals surface area contributed by atoms with Crippen molar-refractivity contribution in [3.8, 4) is 0 Å². The molecule has 0 N–H and O–H groups in total. The highest BCUT2D eigenvalue weighted by Gasteiger charge is 2.24. The molecule has 140 valence electrons. The van der Waals surface area contributed by atoms with E-state index < -0.39 is 5.97 Å². The minimum Gasteiger partial charge on any atom is -0.462 e. The fraction of sp³-hybridized carbons (Fsp3) is 0.0952. The lowest BCUT2D eigenvalue weighted by molar-refractivity contribution is 0.0529. The van der Waals surface area contributed by atoms with E-state index in [-0.39, 0.29) is 29.2 Å². The van der Waals surface area contributed by atoms with Crippen molar-refractivity contribution in [2.24, 2.45) is 0 Å². The Morgan fingerprint density at radius 2 is 1.82 bits per heavy atom. The molecule has 28 heavy (non-hydrogen) atoms. The number of aromatic nitrogens is 1. The van der Waals surface area contributed by atoms with E-state index in [0.29, 0.717) is 20.8 Å². The van der Waals surface area contributed by atoms with Crippen molar-refractivity contribution in [2.45, 2.75) is 6.92 Å². The van der Waals surface area contributed by atoms with Crippen molar-refractivity contribution in [1.82, 2.24) is 4.40 Å². The molecule has 0 aliphatic heterocycles. The molecule has 2 aromatic carbocycles. The number of hydrogen-bond acceptors (Lipinski definition) is 5. The zero-order chi connectivity index (χ0) is 19.8. The molecular weight excluding hydrogens is 398 g/mol. The summed E-state index contributed by atoms with van der Waals surface area (Å²) in [5, 5.41) is 0.984. The lowest BCUT2D eigenvalue weighted by atomic mass is 10.1. The van der Waals surface area contributed by atoms with E-state index in [1.807, 2.05) is 12.1 Å². The standard InChI is InChI=1S/C21H14ClNO4S/c1-2-27-21(26)15-11-16(18(24)12-7-9-13(22)10-8-12)23-19(25)14-5-3-4-6-17(14)28-20(15)23/h3-11H,2H2,1H3. The summed E-state index contributed by atoms with van der Waals surface area (Å²) >= 11 is 7.17. The Hall–Kier alpha value is -2.96. The lowest BCUT2D eigenvalue weighted by Gasteiger charge is -2.04. The number of benzene rings is 2. The molecular formula is C21H14ClNO4S. The summed E-state index contributed by atoms with van der Waals surface area (Å²) in [6.45, 7) is 1.90. The van der Waals surface area contributed by atoms with E-state index in [1.54, 1.807) is 43.3 Å². The first-order valence-corrected chi connectivity index (χ1v) is 9.75. The van der Waals surface area contributed by atoms with Gasteiger partial charge < -0.3 is 4.74 Å². The molecule has 0 saturated carbocycles. The Labute approximate surface area is 168 Å². The van der Waals surface area contributed by atoms with E-state index in [9.17, 15) is 14.4 Å². The number of fused-ring (bicyclic) bond motifs is 2. The van der Waals surface area contributed by atoms with Gasteiger partial charge in [0.25, 0.3) is 5.56 Å². The lowest BCUT2D eigenvalue weighted by Crippen LogP contribution is -2.17. The largest absolute Gasteiger partial charge is 0.462 e. The quantitative estimate of drug-likeness (QED) is 0.364. The van der Waals surface area contributed by atoms with Crippen molar-refractivity contribution in [1.29, 1.82) is 0 Å². The Kier molecular flexibility index (Phi) is 4.75. The van der Waals surface area contributed by atoms with Crippen molar-refractivity contribution < 1.29 is 14.3 Å². The molecule has 2 aromatic heterocycles. The highest BCUT2D eigenvalue weighted by Crippen LogP contribution is 2.27. The number of halogens is 1. The monoisotopic (exact) mass is 411 g/mol. The van der Waals surface area contributed by atoms with Gasteiger partial charge in [0.2, 0.25) is 5.78 Å². The fourth-order valence-electron chi connectivity index (χ4n) is 3.02. The molecule has 0 aliphatic carbocycles. The zero-order valence-corrected chi connectivity index (χ0v) is 16.3. The first kappa shape index (κ1) is 18.4. The molecule has 4 rings (SSSR count). The van der Waals surface area contributed by atoms with Gasteiger partial charge in [0.05, 0.1) is 23.3 Å². The van der Waals surface area contributed by atoms with Gasteiger partial charge in [-0.2, -0.15) is 0 Å². The molecule has 0 atom stereocenters. The van der Waals surface area contributed by atoms with Gasteiger partial charge in [0.15, 0.2) is 0 Å². The maximum absolute atomic E-state index is 13.1. The van der Waals surface area contributed by atoms with Crippen LogP contribution in [0, 0.1) is 0 Å². The van der Waals surface area contributed by atoms with Crippen LogP contribution in [0.2, 0.25) is 5.02 Å². The van der Waals surface area contributed by atoms with Crippen molar-refractivity contribution in [3.05, 3.63) is 86.8 Å². The van der Waals surface area contributed by atoms with Gasteiger partial charge in [0.1, 0.15) is 4.83 Å². The van der Waals surface area contributed by atoms with Crippen molar-refractivity contribution in [3.63, 3.8) is 0 Å². The summed E-state index contributed by atoms with van der Waals surface area (Å²) in [5.41, 5.74) is 0.341. The minimum absolute atomic E-state index is 0.118. The first-order chi connectivity index (χ1) is 13.5. The number of carbonyl (C=O) groups is 2. The van der Waals surface area contributed by atoms with E-state index >= 15 is 0 Å². The molecule has 7 heteroatoms. The first-order valence-electron chi connectivity index (χ1n) is 8.56. The molecule has 0 unspecified atom stereocenters. The fourth-order valence-corrected chi connectivity index (χ4v) is 4.29. The van der Waals surface area contributed by atoms with Crippen LogP contribution in [0.1, 0.15) is 33.3 Å². The molecule has 0 aliphatic rings. The number of nitrogens with zero attached hydrogens (tertiary/aromatic N) is 1. The summed E-state index contributed by atoms with van der Waals surface area (Å²) in [6.07, 6.45) is 0. The maximum Gasteiger partial charge on any atom is 0.341 e. The summed E-state index contributed by atoms with van der Waals surface area (Å²) in [4.78, 5) is 39.1. The Balaban J connectivity index is 2.04. The molecule has 0 spiro atoms. The molecule has 0 amide bonds. The number of carbonyl (C=O) groups excluding carboxylic acids is 2. The average Bonchev–Trinajstić information content (AvgIpc) is 3.08. The Morgan fingerprint density at radius 1 is 1.11 bits per heavy atom. The van der Waals surface area contributed by atoms with Crippen LogP contribution in [-0.2, 0) is 4.74 Å². The molecule has 2 heterocycles. The van der Waals surface area contributed by atoms with Gasteiger partial charge in [-0.1, -0.05) is 23.7 Å². The van der Waals surface area contributed by atoms with Crippen LogP contribution in [0.5, 0.6) is 0 Å². The molecule has 0 bridgehead atoms. The Morgan fingerprint density at radius 3 is 2.54 bits per heavy atom. The molecule has 0 saturated heterocycles. The Bertz CT molecular complexity index is 1290. The van der Waals surface area contributed by atoms with Gasteiger partial charge >= 0.3 is 5.97 Å². The average molecular weight is 412 g/mol. The van der Waals surface area contributed by atoms with Crippen molar-refractivity contribution >= 4 is 49.6 Å². The summed E-state index contributed by atoms with van der Waals surface area (Å²) in [5.74, 6) is -0.942. The second kappa shape index (κ2) is 7.22. The molecule has 4 aromatic rings. The number of ether oxygens (including phenoxy) is 1. The van der Waals surface area contributed by atoms with E-state index in [0.717, 1.165) is 4.70 Å². The minimum atomic E-state index is -0.568. The highest BCUT2D eigenvalue weighted by molar-refractivity contribution is 7.23. The van der Waals surface area contributed by atoms with Gasteiger partial charge in [-0.05, 0) is 49.4 Å². The van der Waals surface area contributed by atoms with Crippen LogP contribution in [0.4, 0.5) is 0 Å². The van der Waals surface area contributed by atoms with Crippen LogP contribution in [0.25, 0.3) is 14.9 Å². The highest BCUT2D eigenvalue weighted by atomic mass is 35.5. The topological polar surface area (TPSA) is 64.8 Å². The normalized spacial score (nSPS) is 11.1. The van der Waals surface area contributed by atoms with Crippen LogP contribution in [0.15, 0.2) is 59.4 Å². The third-order valence-corrected chi connectivity index (χ3v) is 5.74. The number of hydrogen-bond donors (Lipinski definition) is 0. The second-order valence-electron chi connectivity index (χ2n) is 6.04. The summed E-state index contributed by atoms with van der Waals surface area (Å²) in [6, 6.07) is 14.9. The van der Waals surface area contributed by atoms with E-state index in [2.05, 4.69) is 0 Å². The maximum atomic E-state index is 13.1. The van der Waals surface area contributed by atoms with Crippen LogP contribution >= 0.6 is 22.9 Å². The smallest absolute Gasteiger partial charge is 0.341 e. The van der Waals surface area contributed by atoms with Gasteiger partial charge in [-0.3, -0.25) is 14.0 Å². The molecule has 0 fully saturated rings. The summed E-state index contributed by atoms with van der Waals surface area (Å²) in [7, 11) is 0. The second-order valence-corrected chi connectivity index (χ2v) is 7.51. The third kappa shape index (κ3) is 3.00. The molecule has 0 radical (unpaired) electrons. The predicted molar refractivity (Wildman–Crippen MR) is 110 cm³/mol.